The SMILES string of the molecule is Cc1cccc(S(=O)(=O)Nc2ccc(C(=O)N3CCC(n4nccn4)C3)cc2)c1. The molecule has 150 valence electrons. The van der Waals surface area contributed by atoms with E-state index in [1.54, 1.807) is 64.6 Å². The first-order valence-electron chi connectivity index (χ1n) is 9.27. The lowest BCUT2D eigenvalue weighted by Crippen LogP contribution is -2.29. The molecule has 1 fully saturated rings. The molecule has 1 aromatic heterocycles. The predicted molar refractivity (Wildman–Crippen MR) is 108 cm³/mol. The molecular formula is C20H21N5O3S. The number of nitrogens with one attached hydrogen (secondary N) is 1. The Labute approximate surface area is 169 Å². The molecule has 1 N–H and O–H groups in total. The molecule has 1 aliphatic rings. The first kappa shape index (κ1) is 19.1. The van der Waals surface area contributed by atoms with Crippen molar-refractivity contribution in [2.24, 2.45) is 0 Å². The average molecular weight is 411 g/mol. The van der Waals surface area contributed by atoms with Gasteiger partial charge in [-0.1, -0.05) is 12.1 Å². The first-order chi connectivity index (χ1) is 13.9. The Hall–Kier alpha value is -3.20. The molecule has 4 rings (SSSR count). The van der Waals surface area contributed by atoms with Gasteiger partial charge in [-0.2, -0.15) is 15.0 Å². The van der Waals surface area contributed by atoms with Crippen molar-refractivity contribution in [2.75, 3.05) is 17.8 Å². The van der Waals surface area contributed by atoms with Crippen LogP contribution >= 0.6 is 0 Å². The van der Waals surface area contributed by atoms with Gasteiger partial charge in [0.05, 0.1) is 23.3 Å². The summed E-state index contributed by atoms with van der Waals surface area (Å²) in [5.41, 5.74) is 1.78. The van der Waals surface area contributed by atoms with Crippen LogP contribution in [0.25, 0.3) is 0 Å². The summed E-state index contributed by atoms with van der Waals surface area (Å²) in [6, 6.07) is 13.2. The van der Waals surface area contributed by atoms with E-state index in [0.717, 1.165) is 12.0 Å². The van der Waals surface area contributed by atoms with E-state index >= 15 is 0 Å². The maximum Gasteiger partial charge on any atom is 0.261 e. The lowest BCUT2D eigenvalue weighted by Gasteiger charge is -2.16. The van der Waals surface area contributed by atoms with Crippen LogP contribution in [0.3, 0.4) is 0 Å². The maximum absolute atomic E-state index is 12.8. The summed E-state index contributed by atoms with van der Waals surface area (Å²) in [5.74, 6) is -0.0900. The van der Waals surface area contributed by atoms with Crippen LogP contribution in [0.4, 0.5) is 5.69 Å². The van der Waals surface area contributed by atoms with Crippen molar-refractivity contribution in [3.8, 4) is 0 Å². The van der Waals surface area contributed by atoms with Crippen molar-refractivity contribution in [3.63, 3.8) is 0 Å². The molecule has 29 heavy (non-hydrogen) atoms. The fourth-order valence-corrected chi connectivity index (χ4v) is 4.55. The third kappa shape index (κ3) is 4.14. The van der Waals surface area contributed by atoms with Crippen molar-refractivity contribution >= 4 is 21.6 Å². The highest BCUT2D eigenvalue weighted by atomic mass is 32.2. The molecule has 3 aromatic rings. The lowest BCUT2D eigenvalue weighted by molar-refractivity contribution is 0.0786. The van der Waals surface area contributed by atoms with Crippen molar-refractivity contribution in [2.45, 2.75) is 24.3 Å². The molecule has 1 aliphatic heterocycles. The van der Waals surface area contributed by atoms with Crippen LogP contribution in [0.2, 0.25) is 0 Å². The van der Waals surface area contributed by atoms with Gasteiger partial charge in [0.2, 0.25) is 0 Å². The minimum Gasteiger partial charge on any atom is -0.336 e. The third-order valence-corrected chi connectivity index (χ3v) is 6.28. The molecule has 1 unspecified atom stereocenters. The summed E-state index contributed by atoms with van der Waals surface area (Å²) >= 11 is 0. The number of aromatic nitrogens is 3. The fourth-order valence-electron chi connectivity index (χ4n) is 3.39. The quantitative estimate of drug-likeness (QED) is 0.696. The number of benzene rings is 2. The maximum atomic E-state index is 12.8. The highest BCUT2D eigenvalue weighted by molar-refractivity contribution is 7.92. The van der Waals surface area contributed by atoms with Crippen molar-refractivity contribution < 1.29 is 13.2 Å². The Morgan fingerprint density at radius 1 is 1.10 bits per heavy atom. The summed E-state index contributed by atoms with van der Waals surface area (Å²) in [5, 5.41) is 8.29. The van der Waals surface area contributed by atoms with E-state index in [0.29, 0.717) is 24.3 Å². The minimum atomic E-state index is -3.68. The van der Waals surface area contributed by atoms with E-state index < -0.39 is 10.0 Å². The number of hydrogen-bond acceptors (Lipinski definition) is 5. The Morgan fingerprint density at radius 3 is 2.52 bits per heavy atom. The highest BCUT2D eigenvalue weighted by Gasteiger charge is 2.29. The zero-order valence-electron chi connectivity index (χ0n) is 15.9. The molecule has 9 heteroatoms. The van der Waals surface area contributed by atoms with Gasteiger partial charge in [0, 0.05) is 24.3 Å². The van der Waals surface area contributed by atoms with Crippen LogP contribution in [0.1, 0.15) is 28.4 Å². The third-order valence-electron chi connectivity index (χ3n) is 4.90. The number of nitrogens with zero attached hydrogens (tertiary/aromatic N) is 4. The summed E-state index contributed by atoms with van der Waals surface area (Å²) in [4.78, 5) is 16.4. The molecule has 2 aromatic carbocycles. The van der Waals surface area contributed by atoms with Gasteiger partial charge in [0.15, 0.2) is 0 Å². The van der Waals surface area contributed by atoms with Crippen molar-refractivity contribution in [1.29, 1.82) is 0 Å². The monoisotopic (exact) mass is 411 g/mol. The van der Waals surface area contributed by atoms with Gasteiger partial charge < -0.3 is 4.90 Å². The largest absolute Gasteiger partial charge is 0.336 e. The Bertz CT molecular complexity index is 1110. The van der Waals surface area contributed by atoms with E-state index in [9.17, 15) is 13.2 Å². The number of hydrogen-bond donors (Lipinski definition) is 1. The van der Waals surface area contributed by atoms with E-state index in [-0.39, 0.29) is 16.8 Å². The fraction of sp³-hybridized carbons (Fsp3) is 0.250. The van der Waals surface area contributed by atoms with Crippen LogP contribution in [-0.2, 0) is 10.0 Å². The summed E-state index contributed by atoms with van der Waals surface area (Å²) in [6.45, 7) is 3.02. The standard InChI is InChI=1S/C20H21N5O3S/c1-15-3-2-4-19(13-15)29(27,28)23-17-7-5-16(6-8-17)20(26)24-12-9-18(14-24)25-21-10-11-22-25/h2-8,10-11,13,18,23H,9,12,14H2,1H3. The van der Waals surface area contributed by atoms with Gasteiger partial charge in [0.1, 0.15) is 0 Å². The molecule has 0 saturated carbocycles. The number of sulfonamides is 1. The van der Waals surface area contributed by atoms with Crippen LogP contribution in [0.15, 0.2) is 65.8 Å². The van der Waals surface area contributed by atoms with Crippen LogP contribution < -0.4 is 4.72 Å². The van der Waals surface area contributed by atoms with E-state index in [2.05, 4.69) is 14.9 Å². The Morgan fingerprint density at radius 2 is 1.83 bits per heavy atom. The molecule has 0 bridgehead atoms. The van der Waals surface area contributed by atoms with Gasteiger partial charge in [-0.05, 0) is 55.3 Å². The zero-order valence-corrected chi connectivity index (χ0v) is 16.7. The number of carbonyl (C=O) groups is 1. The first-order valence-corrected chi connectivity index (χ1v) is 10.8. The van der Waals surface area contributed by atoms with Gasteiger partial charge in [-0.25, -0.2) is 8.42 Å². The summed E-state index contributed by atoms with van der Waals surface area (Å²) < 4.78 is 27.6. The molecule has 2 heterocycles. The van der Waals surface area contributed by atoms with E-state index in [4.69, 9.17) is 0 Å². The summed E-state index contributed by atoms with van der Waals surface area (Å²) in [6.07, 6.45) is 4.05. The molecule has 8 nitrogen and oxygen atoms in total. The number of carbonyl (C=O) groups excluding carboxylic acids is 1. The number of aryl methyl sites for hydroxylation is 1. The van der Waals surface area contributed by atoms with E-state index in [1.165, 1.54) is 0 Å². The minimum absolute atomic E-state index is 0.0781. The van der Waals surface area contributed by atoms with Crippen LogP contribution in [-0.4, -0.2) is 47.3 Å². The number of anilines is 1. The summed E-state index contributed by atoms with van der Waals surface area (Å²) in [7, 11) is -3.68. The smallest absolute Gasteiger partial charge is 0.261 e. The number of amides is 1. The predicted octanol–water partition coefficient (Wildman–Crippen LogP) is 2.47. The number of likely N-dealkylation sites (tertiary alicyclic amines) is 1. The zero-order chi connectivity index (χ0) is 20.4. The Kier molecular flexibility index (Phi) is 5.06. The lowest BCUT2D eigenvalue weighted by atomic mass is 10.2. The molecule has 0 spiro atoms. The highest BCUT2D eigenvalue weighted by Crippen LogP contribution is 2.23. The molecule has 1 saturated heterocycles. The average Bonchev–Trinajstić information content (AvgIpc) is 3.39. The molecule has 1 atom stereocenters. The van der Waals surface area contributed by atoms with Gasteiger partial charge in [0.25, 0.3) is 15.9 Å². The second-order valence-corrected chi connectivity index (χ2v) is 8.72. The topological polar surface area (TPSA) is 97.2 Å². The second-order valence-electron chi connectivity index (χ2n) is 7.04. The van der Waals surface area contributed by atoms with E-state index in [1.807, 2.05) is 13.0 Å². The van der Waals surface area contributed by atoms with Crippen LogP contribution in [0, 0.1) is 6.92 Å². The molecular weight excluding hydrogens is 390 g/mol. The molecule has 0 aliphatic carbocycles. The normalized spacial score (nSPS) is 16.7. The van der Waals surface area contributed by atoms with Crippen molar-refractivity contribution in [3.05, 3.63) is 72.1 Å². The van der Waals surface area contributed by atoms with Crippen LogP contribution in [0.5, 0.6) is 0 Å². The number of rotatable bonds is 5. The molecule has 0 radical (unpaired) electrons. The van der Waals surface area contributed by atoms with Gasteiger partial charge in [-0.15, -0.1) is 0 Å². The Balaban J connectivity index is 1.43. The van der Waals surface area contributed by atoms with Crippen molar-refractivity contribution in [1.82, 2.24) is 19.9 Å². The second kappa shape index (κ2) is 7.67. The van der Waals surface area contributed by atoms with Gasteiger partial charge in [-0.3, -0.25) is 9.52 Å². The van der Waals surface area contributed by atoms with Gasteiger partial charge >= 0.3 is 0 Å². The molecule has 1 amide bonds.